The zero-order valence-corrected chi connectivity index (χ0v) is 14.5. The molecule has 7 nitrogen and oxygen atoms in total. The minimum absolute atomic E-state index is 0.0576. The third-order valence-corrected chi connectivity index (χ3v) is 4.78. The Hall–Kier alpha value is -2.83. The number of carbonyl (C=O) groups is 1. The molecule has 1 aromatic carbocycles. The summed E-state index contributed by atoms with van der Waals surface area (Å²) in [6.07, 6.45) is 4.86. The molecule has 7 heteroatoms. The largest absolute Gasteiger partial charge is 0.349 e. The summed E-state index contributed by atoms with van der Waals surface area (Å²) in [4.78, 5) is 24.8. The summed E-state index contributed by atoms with van der Waals surface area (Å²) in [5, 5.41) is 7.07. The number of carbonyl (C=O) groups excluding carboxylic acids is 1. The summed E-state index contributed by atoms with van der Waals surface area (Å²) in [6, 6.07) is 7.69. The molecule has 0 radical (unpaired) electrons. The maximum absolute atomic E-state index is 13.1. The fourth-order valence-electron chi connectivity index (χ4n) is 3.46. The number of aromatic amines is 2. The normalized spacial score (nSPS) is 17.8. The number of anilines is 1. The summed E-state index contributed by atoms with van der Waals surface area (Å²) < 4.78 is 0. The highest BCUT2D eigenvalue weighted by atomic mass is 16.2. The van der Waals surface area contributed by atoms with Gasteiger partial charge in [0, 0.05) is 32.4 Å². The second kappa shape index (κ2) is 6.23. The molecule has 1 fully saturated rings. The summed E-state index contributed by atoms with van der Waals surface area (Å²) in [7, 11) is 3.87. The number of H-pyrrole nitrogens is 2. The van der Waals surface area contributed by atoms with Crippen LogP contribution < -0.4 is 4.90 Å². The van der Waals surface area contributed by atoms with Crippen molar-refractivity contribution in [1.82, 2.24) is 25.1 Å². The van der Waals surface area contributed by atoms with Crippen LogP contribution in [0.4, 0.5) is 5.95 Å². The van der Waals surface area contributed by atoms with E-state index in [1.165, 1.54) is 0 Å². The Morgan fingerprint density at radius 1 is 1.28 bits per heavy atom. The second-order valence-corrected chi connectivity index (χ2v) is 6.71. The first kappa shape index (κ1) is 15.7. The number of nitrogens with one attached hydrogen (secondary N) is 2. The van der Waals surface area contributed by atoms with Crippen molar-refractivity contribution in [3.05, 3.63) is 41.7 Å². The van der Waals surface area contributed by atoms with Gasteiger partial charge in [-0.2, -0.15) is 5.10 Å². The number of imidazole rings is 1. The van der Waals surface area contributed by atoms with Gasteiger partial charge in [0.25, 0.3) is 5.91 Å². The molecule has 0 bridgehead atoms. The van der Waals surface area contributed by atoms with E-state index in [1.54, 1.807) is 6.20 Å². The maximum Gasteiger partial charge on any atom is 0.254 e. The molecule has 3 aromatic rings. The van der Waals surface area contributed by atoms with E-state index in [0.29, 0.717) is 5.56 Å². The summed E-state index contributed by atoms with van der Waals surface area (Å²) in [5.74, 6) is 0.843. The Morgan fingerprint density at radius 2 is 2.16 bits per heavy atom. The third-order valence-electron chi connectivity index (χ3n) is 4.78. The van der Waals surface area contributed by atoms with Gasteiger partial charge < -0.3 is 14.8 Å². The molecule has 2 aromatic heterocycles. The quantitative estimate of drug-likeness (QED) is 0.769. The zero-order valence-electron chi connectivity index (χ0n) is 14.5. The lowest BCUT2D eigenvalue weighted by Crippen LogP contribution is -2.38. The fraction of sp³-hybridized carbons (Fsp3) is 0.389. The zero-order chi connectivity index (χ0) is 17.4. The van der Waals surface area contributed by atoms with Crippen LogP contribution in [-0.2, 0) is 0 Å². The number of aromatic nitrogens is 4. The van der Waals surface area contributed by atoms with Crippen LogP contribution in [0, 0.1) is 0 Å². The van der Waals surface area contributed by atoms with Crippen LogP contribution in [-0.4, -0.2) is 51.6 Å². The molecule has 1 aliphatic heterocycles. The van der Waals surface area contributed by atoms with Crippen molar-refractivity contribution in [3.8, 4) is 0 Å². The molecule has 1 aliphatic rings. The van der Waals surface area contributed by atoms with Gasteiger partial charge in [0.05, 0.1) is 22.8 Å². The number of piperidine rings is 1. The average Bonchev–Trinajstić information content (AvgIpc) is 3.30. The number of nitrogens with zero attached hydrogens (tertiary/aromatic N) is 4. The van der Waals surface area contributed by atoms with Crippen LogP contribution in [0.2, 0.25) is 0 Å². The molecule has 0 aliphatic carbocycles. The second-order valence-electron chi connectivity index (χ2n) is 6.71. The molecule has 4 rings (SSSR count). The topological polar surface area (TPSA) is 80.9 Å². The highest BCUT2D eigenvalue weighted by molar-refractivity contribution is 5.97. The summed E-state index contributed by atoms with van der Waals surface area (Å²) >= 11 is 0. The predicted molar refractivity (Wildman–Crippen MR) is 96.6 cm³/mol. The third kappa shape index (κ3) is 2.86. The molecule has 0 saturated carbocycles. The number of likely N-dealkylation sites (tertiary alicyclic amines) is 1. The van der Waals surface area contributed by atoms with Crippen molar-refractivity contribution in [2.24, 2.45) is 0 Å². The molecule has 3 heterocycles. The standard InChI is InChI=1S/C18H22N6O/c1-23(2)18-20-13-7-6-12(11-15(13)21-18)17(25)24-10-4-3-5-16(24)14-8-9-19-22-14/h6-9,11,16H,3-5,10H2,1-2H3,(H,19,22)(H,20,21). The summed E-state index contributed by atoms with van der Waals surface area (Å²) in [6.45, 7) is 0.770. The maximum atomic E-state index is 13.1. The Bertz CT molecular complexity index is 882. The molecule has 0 spiro atoms. The lowest BCUT2D eigenvalue weighted by molar-refractivity contribution is 0.0606. The lowest BCUT2D eigenvalue weighted by atomic mass is 9.98. The SMILES string of the molecule is CN(C)c1nc2ccc(C(=O)N3CCCCC3c3ccn[nH]3)cc2[nH]1. The first-order valence-corrected chi connectivity index (χ1v) is 8.61. The van der Waals surface area contributed by atoms with Crippen molar-refractivity contribution >= 4 is 22.9 Å². The Kier molecular flexibility index (Phi) is 3.91. The van der Waals surface area contributed by atoms with Crippen LogP contribution in [0.1, 0.15) is 41.4 Å². The van der Waals surface area contributed by atoms with Gasteiger partial charge in [0.15, 0.2) is 0 Å². The van der Waals surface area contributed by atoms with Gasteiger partial charge in [-0.25, -0.2) is 4.98 Å². The van der Waals surface area contributed by atoms with E-state index in [0.717, 1.165) is 48.5 Å². The number of hydrogen-bond acceptors (Lipinski definition) is 4. The Morgan fingerprint density at radius 3 is 2.92 bits per heavy atom. The lowest BCUT2D eigenvalue weighted by Gasteiger charge is -2.35. The minimum atomic E-state index is 0.0576. The van der Waals surface area contributed by atoms with E-state index in [-0.39, 0.29) is 11.9 Å². The molecule has 1 amide bonds. The van der Waals surface area contributed by atoms with E-state index in [2.05, 4.69) is 20.2 Å². The van der Waals surface area contributed by atoms with Crippen LogP contribution in [0.25, 0.3) is 11.0 Å². The molecule has 1 saturated heterocycles. The fourth-order valence-corrected chi connectivity index (χ4v) is 3.46. The number of amides is 1. The molecule has 2 N–H and O–H groups in total. The van der Waals surface area contributed by atoms with Gasteiger partial charge in [0.1, 0.15) is 0 Å². The number of rotatable bonds is 3. The predicted octanol–water partition coefficient (Wildman–Crippen LogP) is 2.72. The van der Waals surface area contributed by atoms with Crippen molar-refractivity contribution in [2.45, 2.75) is 25.3 Å². The Labute approximate surface area is 146 Å². The van der Waals surface area contributed by atoms with Crippen LogP contribution in [0.5, 0.6) is 0 Å². The molecular formula is C18H22N6O. The van der Waals surface area contributed by atoms with Gasteiger partial charge in [-0.15, -0.1) is 0 Å². The first-order valence-electron chi connectivity index (χ1n) is 8.61. The van der Waals surface area contributed by atoms with E-state index in [9.17, 15) is 4.79 Å². The first-order chi connectivity index (χ1) is 12.1. The van der Waals surface area contributed by atoms with Gasteiger partial charge in [0.2, 0.25) is 5.95 Å². The molecular weight excluding hydrogens is 316 g/mol. The summed E-state index contributed by atoms with van der Waals surface area (Å²) in [5.41, 5.74) is 3.44. The van der Waals surface area contributed by atoms with Crippen LogP contribution >= 0.6 is 0 Å². The van der Waals surface area contributed by atoms with Gasteiger partial charge in [-0.1, -0.05) is 0 Å². The van der Waals surface area contributed by atoms with E-state index < -0.39 is 0 Å². The van der Waals surface area contributed by atoms with E-state index in [4.69, 9.17) is 0 Å². The van der Waals surface area contributed by atoms with E-state index >= 15 is 0 Å². The number of hydrogen-bond donors (Lipinski definition) is 2. The number of fused-ring (bicyclic) bond motifs is 1. The monoisotopic (exact) mass is 338 g/mol. The van der Waals surface area contributed by atoms with E-state index in [1.807, 2.05) is 48.2 Å². The Balaban J connectivity index is 1.65. The van der Waals surface area contributed by atoms with Crippen LogP contribution in [0.3, 0.4) is 0 Å². The molecule has 130 valence electrons. The highest BCUT2D eigenvalue weighted by Gasteiger charge is 2.29. The van der Waals surface area contributed by atoms with Crippen molar-refractivity contribution in [1.29, 1.82) is 0 Å². The van der Waals surface area contributed by atoms with Crippen molar-refractivity contribution < 1.29 is 4.79 Å². The smallest absolute Gasteiger partial charge is 0.254 e. The molecule has 1 unspecified atom stereocenters. The minimum Gasteiger partial charge on any atom is -0.349 e. The van der Waals surface area contributed by atoms with Crippen LogP contribution in [0.15, 0.2) is 30.5 Å². The van der Waals surface area contributed by atoms with Gasteiger partial charge >= 0.3 is 0 Å². The van der Waals surface area contributed by atoms with Gasteiger partial charge in [-0.3, -0.25) is 9.89 Å². The molecule has 25 heavy (non-hydrogen) atoms. The van der Waals surface area contributed by atoms with Crippen molar-refractivity contribution in [3.63, 3.8) is 0 Å². The van der Waals surface area contributed by atoms with Gasteiger partial charge in [-0.05, 0) is 43.5 Å². The average molecular weight is 338 g/mol. The molecule has 1 atom stereocenters. The highest BCUT2D eigenvalue weighted by Crippen LogP contribution is 2.31. The number of benzene rings is 1. The van der Waals surface area contributed by atoms with Crippen molar-refractivity contribution in [2.75, 3.05) is 25.5 Å².